The summed E-state index contributed by atoms with van der Waals surface area (Å²) in [7, 11) is 0. The molecule has 0 aromatic rings. The van der Waals surface area contributed by atoms with E-state index in [-0.39, 0.29) is 36.1 Å². The van der Waals surface area contributed by atoms with Crippen molar-refractivity contribution < 1.29 is 14.3 Å². The zero-order chi connectivity index (χ0) is 13.0. The van der Waals surface area contributed by atoms with Gasteiger partial charge >= 0.3 is 5.97 Å². The van der Waals surface area contributed by atoms with Gasteiger partial charge in [0.25, 0.3) is 0 Å². The van der Waals surface area contributed by atoms with Gasteiger partial charge in [-0.1, -0.05) is 13.8 Å². The van der Waals surface area contributed by atoms with Crippen LogP contribution in [0.1, 0.15) is 40.5 Å². The molecule has 0 amide bonds. The molecule has 17 heavy (non-hydrogen) atoms. The van der Waals surface area contributed by atoms with Crippen LogP contribution in [0.4, 0.5) is 0 Å². The first-order chi connectivity index (χ1) is 7.93. The largest absolute Gasteiger partial charge is 0.462 e. The van der Waals surface area contributed by atoms with E-state index in [0.717, 1.165) is 12.8 Å². The van der Waals surface area contributed by atoms with Crippen molar-refractivity contribution in [3.8, 4) is 0 Å². The van der Waals surface area contributed by atoms with E-state index < -0.39 is 0 Å². The zero-order valence-electron chi connectivity index (χ0n) is 11.3. The first-order valence-electron chi connectivity index (χ1n) is 6.50. The van der Waals surface area contributed by atoms with Gasteiger partial charge in [-0.05, 0) is 19.8 Å². The molecule has 100 valence electrons. The van der Waals surface area contributed by atoms with E-state index >= 15 is 0 Å². The summed E-state index contributed by atoms with van der Waals surface area (Å²) in [5.74, 6) is -0.126. The summed E-state index contributed by atoms with van der Waals surface area (Å²) in [6.07, 6.45) is 1.87. The highest BCUT2D eigenvalue weighted by atomic mass is 16.6. The molecular formula is C13H25NO3. The van der Waals surface area contributed by atoms with Crippen molar-refractivity contribution in [3.63, 3.8) is 0 Å². The Morgan fingerprint density at radius 1 is 1.35 bits per heavy atom. The maximum Gasteiger partial charge on any atom is 0.310 e. The summed E-state index contributed by atoms with van der Waals surface area (Å²) in [6.45, 7) is 8.37. The number of carbonyl (C=O) groups excluding carboxylic acids is 1. The van der Waals surface area contributed by atoms with Gasteiger partial charge in [0.15, 0.2) is 0 Å². The van der Waals surface area contributed by atoms with Gasteiger partial charge in [0, 0.05) is 19.4 Å². The summed E-state index contributed by atoms with van der Waals surface area (Å²) >= 11 is 0. The average molecular weight is 243 g/mol. The lowest BCUT2D eigenvalue weighted by atomic mass is 9.96. The molecule has 1 aliphatic heterocycles. The number of carbonyl (C=O) groups is 1. The van der Waals surface area contributed by atoms with Gasteiger partial charge in [0.2, 0.25) is 0 Å². The average Bonchev–Trinajstić information content (AvgIpc) is 2.15. The van der Waals surface area contributed by atoms with Gasteiger partial charge in [-0.2, -0.15) is 0 Å². The second-order valence-electron chi connectivity index (χ2n) is 5.37. The maximum absolute atomic E-state index is 12.0. The molecule has 4 heteroatoms. The topological polar surface area (TPSA) is 61.5 Å². The second kappa shape index (κ2) is 6.36. The van der Waals surface area contributed by atoms with Crippen molar-refractivity contribution in [1.82, 2.24) is 0 Å². The first kappa shape index (κ1) is 14.5. The van der Waals surface area contributed by atoms with Crippen molar-refractivity contribution in [1.29, 1.82) is 0 Å². The van der Waals surface area contributed by atoms with Crippen molar-refractivity contribution in [2.45, 2.75) is 58.8 Å². The highest BCUT2D eigenvalue weighted by Gasteiger charge is 2.30. The minimum Gasteiger partial charge on any atom is -0.462 e. The Bertz CT molecular complexity index is 245. The molecule has 0 radical (unpaired) electrons. The molecule has 0 aliphatic carbocycles. The molecule has 2 N–H and O–H groups in total. The summed E-state index contributed by atoms with van der Waals surface area (Å²) in [4.78, 5) is 12.0. The van der Waals surface area contributed by atoms with E-state index in [1.807, 2.05) is 27.7 Å². The Hall–Kier alpha value is -0.610. The van der Waals surface area contributed by atoms with Gasteiger partial charge in [-0.15, -0.1) is 0 Å². The SMILES string of the molecule is CC1CC(OC(=O)C(CN)C(C)C)CC(C)O1. The molecule has 1 rings (SSSR count). The van der Waals surface area contributed by atoms with Crippen LogP contribution in [0.2, 0.25) is 0 Å². The number of rotatable bonds is 4. The van der Waals surface area contributed by atoms with Crippen LogP contribution in [-0.4, -0.2) is 30.8 Å². The molecule has 0 bridgehead atoms. The van der Waals surface area contributed by atoms with Crippen LogP contribution in [0.15, 0.2) is 0 Å². The molecule has 3 atom stereocenters. The van der Waals surface area contributed by atoms with Crippen molar-refractivity contribution >= 4 is 5.97 Å². The van der Waals surface area contributed by atoms with E-state index in [1.165, 1.54) is 0 Å². The molecule has 1 heterocycles. The Kier molecular flexibility index (Phi) is 5.40. The monoisotopic (exact) mass is 243 g/mol. The summed E-state index contributed by atoms with van der Waals surface area (Å²) < 4.78 is 11.2. The minimum atomic E-state index is -0.191. The highest BCUT2D eigenvalue weighted by molar-refractivity contribution is 5.73. The van der Waals surface area contributed by atoms with Gasteiger partial charge in [0.05, 0.1) is 18.1 Å². The van der Waals surface area contributed by atoms with E-state index in [9.17, 15) is 4.79 Å². The standard InChI is InChI=1S/C13H25NO3/c1-8(2)12(7-14)13(15)17-11-5-9(3)16-10(4)6-11/h8-12H,5-7,14H2,1-4H3. The highest BCUT2D eigenvalue weighted by Crippen LogP contribution is 2.23. The fourth-order valence-corrected chi connectivity index (χ4v) is 2.33. The van der Waals surface area contributed by atoms with E-state index in [1.54, 1.807) is 0 Å². The van der Waals surface area contributed by atoms with Crippen LogP contribution in [0.5, 0.6) is 0 Å². The molecule has 1 aliphatic rings. The fraction of sp³-hybridized carbons (Fsp3) is 0.923. The number of esters is 1. The third kappa shape index (κ3) is 4.28. The minimum absolute atomic E-state index is 0.0194. The third-order valence-electron chi connectivity index (χ3n) is 3.30. The van der Waals surface area contributed by atoms with Gasteiger partial charge in [0.1, 0.15) is 6.10 Å². The van der Waals surface area contributed by atoms with Gasteiger partial charge in [-0.3, -0.25) is 4.79 Å². The predicted octanol–water partition coefficient (Wildman–Crippen LogP) is 1.72. The molecule has 0 saturated carbocycles. The van der Waals surface area contributed by atoms with Crippen LogP contribution < -0.4 is 5.73 Å². The maximum atomic E-state index is 12.0. The first-order valence-corrected chi connectivity index (χ1v) is 6.50. The smallest absolute Gasteiger partial charge is 0.310 e. The lowest BCUT2D eigenvalue weighted by molar-refractivity contribution is -0.165. The van der Waals surface area contributed by atoms with Crippen LogP contribution in [0.25, 0.3) is 0 Å². The van der Waals surface area contributed by atoms with E-state index in [2.05, 4.69) is 0 Å². The quantitative estimate of drug-likeness (QED) is 0.764. The van der Waals surface area contributed by atoms with Crippen molar-refractivity contribution in [2.24, 2.45) is 17.6 Å². The third-order valence-corrected chi connectivity index (χ3v) is 3.30. The Morgan fingerprint density at radius 2 is 1.88 bits per heavy atom. The molecule has 1 fully saturated rings. The van der Waals surface area contributed by atoms with E-state index in [0.29, 0.717) is 6.54 Å². The molecule has 0 aromatic carbocycles. The van der Waals surface area contributed by atoms with Gasteiger partial charge in [-0.25, -0.2) is 0 Å². The number of nitrogens with two attached hydrogens (primary N) is 1. The molecular weight excluding hydrogens is 218 g/mol. The molecule has 0 spiro atoms. The number of hydrogen-bond donors (Lipinski definition) is 1. The Balaban J connectivity index is 2.50. The summed E-state index contributed by atoms with van der Waals surface area (Å²) in [5.41, 5.74) is 5.61. The summed E-state index contributed by atoms with van der Waals surface area (Å²) in [6, 6.07) is 0. The van der Waals surface area contributed by atoms with Crippen LogP contribution >= 0.6 is 0 Å². The van der Waals surface area contributed by atoms with E-state index in [4.69, 9.17) is 15.2 Å². The van der Waals surface area contributed by atoms with Crippen molar-refractivity contribution in [2.75, 3.05) is 6.54 Å². The van der Waals surface area contributed by atoms with Gasteiger partial charge < -0.3 is 15.2 Å². The molecule has 1 saturated heterocycles. The molecule has 0 aromatic heterocycles. The fourth-order valence-electron chi connectivity index (χ4n) is 2.33. The lowest BCUT2D eigenvalue weighted by Crippen LogP contribution is -2.38. The van der Waals surface area contributed by atoms with Crippen LogP contribution in [0.3, 0.4) is 0 Å². The summed E-state index contributed by atoms with van der Waals surface area (Å²) in [5, 5.41) is 0. The molecule has 4 nitrogen and oxygen atoms in total. The Morgan fingerprint density at radius 3 is 2.29 bits per heavy atom. The Labute approximate surface area is 104 Å². The van der Waals surface area contributed by atoms with Crippen molar-refractivity contribution in [3.05, 3.63) is 0 Å². The molecule has 3 unspecified atom stereocenters. The zero-order valence-corrected chi connectivity index (χ0v) is 11.3. The van der Waals surface area contributed by atoms with Crippen LogP contribution in [0, 0.1) is 11.8 Å². The number of hydrogen-bond acceptors (Lipinski definition) is 4. The second-order valence-corrected chi connectivity index (χ2v) is 5.37. The normalized spacial score (nSPS) is 31.3. The predicted molar refractivity (Wildman–Crippen MR) is 66.5 cm³/mol. The van der Waals surface area contributed by atoms with Crippen LogP contribution in [-0.2, 0) is 14.3 Å². The lowest BCUT2D eigenvalue weighted by Gasteiger charge is -2.32. The number of ether oxygens (including phenoxy) is 2.